The monoisotopic (exact) mass is 383 g/mol. The van der Waals surface area contributed by atoms with Gasteiger partial charge < -0.3 is 31.7 Å². The molecule has 0 atom stereocenters. The molecule has 0 radical (unpaired) electrons. The second kappa shape index (κ2) is 7.61. The third-order valence-corrected chi connectivity index (χ3v) is 3.62. The van der Waals surface area contributed by atoms with Crippen molar-refractivity contribution in [2.24, 2.45) is 0 Å². The minimum atomic E-state index is -1.14. The summed E-state index contributed by atoms with van der Waals surface area (Å²) >= 11 is 0. The van der Waals surface area contributed by atoms with E-state index in [9.17, 15) is 9.90 Å². The second-order valence-electron chi connectivity index (χ2n) is 5.69. The van der Waals surface area contributed by atoms with Gasteiger partial charge >= 0.3 is 5.97 Å². The van der Waals surface area contributed by atoms with Gasteiger partial charge in [0, 0.05) is 11.8 Å². The summed E-state index contributed by atoms with van der Waals surface area (Å²) in [5, 5.41) is 21.5. The molecule has 144 valence electrons. The quantitative estimate of drug-likeness (QED) is 0.369. The van der Waals surface area contributed by atoms with Gasteiger partial charge in [0.2, 0.25) is 5.95 Å². The fourth-order valence-electron chi connectivity index (χ4n) is 2.39. The van der Waals surface area contributed by atoms with Crippen molar-refractivity contribution in [3.63, 3.8) is 0 Å². The van der Waals surface area contributed by atoms with Crippen LogP contribution in [0.15, 0.2) is 31.0 Å². The molecule has 0 unspecified atom stereocenters. The molecule has 0 aliphatic carbocycles. The molecule has 0 saturated carbocycles. The van der Waals surface area contributed by atoms with E-state index in [0.717, 1.165) is 0 Å². The first-order chi connectivity index (χ1) is 13.3. The van der Waals surface area contributed by atoms with Gasteiger partial charge in [-0.3, -0.25) is 0 Å². The molecule has 28 heavy (non-hydrogen) atoms. The van der Waals surface area contributed by atoms with E-state index in [0.29, 0.717) is 28.1 Å². The molecular formula is C17H17N7O4. The third-order valence-electron chi connectivity index (χ3n) is 3.62. The number of hydrogen-bond donors (Lipinski definition) is 5. The zero-order chi connectivity index (χ0) is 20.3. The number of aromatic nitrogens is 4. The number of aliphatic carboxylic acids is 1. The van der Waals surface area contributed by atoms with Crippen molar-refractivity contribution >= 4 is 40.3 Å². The number of hydrogen-bond acceptors (Lipinski definition) is 10. The van der Waals surface area contributed by atoms with Crippen LogP contribution in [0, 0.1) is 0 Å². The highest BCUT2D eigenvalue weighted by Crippen LogP contribution is 2.28. The van der Waals surface area contributed by atoms with Gasteiger partial charge in [-0.25, -0.2) is 14.8 Å². The van der Waals surface area contributed by atoms with Crippen LogP contribution in [0.2, 0.25) is 0 Å². The van der Waals surface area contributed by atoms with Gasteiger partial charge in [0.1, 0.15) is 11.5 Å². The molecule has 3 rings (SSSR count). The minimum absolute atomic E-state index is 0.0182. The van der Waals surface area contributed by atoms with Gasteiger partial charge in [0.15, 0.2) is 23.6 Å². The van der Waals surface area contributed by atoms with Crippen LogP contribution in [0.4, 0.5) is 17.5 Å². The number of nitrogens with zero attached hydrogens (tertiary/aromatic N) is 4. The molecule has 11 heteroatoms. The highest BCUT2D eigenvalue weighted by atomic mass is 16.5. The number of aliphatic hydroxyl groups excluding tert-OH is 1. The van der Waals surface area contributed by atoms with Crippen molar-refractivity contribution in [2.75, 3.05) is 23.4 Å². The molecule has 1 aromatic carbocycles. The first kappa shape index (κ1) is 18.6. The highest BCUT2D eigenvalue weighted by Gasteiger charge is 2.11. The summed E-state index contributed by atoms with van der Waals surface area (Å²) in [6.45, 7) is 3.17. The Morgan fingerprint density at radius 2 is 2.00 bits per heavy atom. The number of fused-ring (bicyclic) bond motifs is 1. The maximum Gasteiger partial charge on any atom is 0.341 e. The van der Waals surface area contributed by atoms with E-state index in [1.165, 1.54) is 6.20 Å². The fraction of sp³-hybridized carbons (Fsp3) is 0.118. The molecule has 11 nitrogen and oxygen atoms in total. The summed E-state index contributed by atoms with van der Waals surface area (Å²) in [6, 6.07) is 4.78. The minimum Gasteiger partial charge on any atom is -0.508 e. The van der Waals surface area contributed by atoms with E-state index in [1.54, 1.807) is 18.2 Å². The Morgan fingerprint density at radius 1 is 1.21 bits per heavy atom. The molecule has 0 aliphatic rings. The lowest BCUT2D eigenvalue weighted by Crippen LogP contribution is -2.11. The Morgan fingerprint density at radius 3 is 2.71 bits per heavy atom. The van der Waals surface area contributed by atoms with Gasteiger partial charge in [-0.05, 0) is 12.1 Å². The summed E-state index contributed by atoms with van der Waals surface area (Å²) in [4.78, 5) is 27.1. The van der Waals surface area contributed by atoms with Crippen LogP contribution < -0.4 is 21.5 Å². The smallest absolute Gasteiger partial charge is 0.341 e. The SMILES string of the molecule is C=C(O)c1ccc(NCc2cnc3nc(N)nc(N)c3n2)cc1OCC(=O)O. The van der Waals surface area contributed by atoms with E-state index in [1.807, 2.05) is 0 Å². The van der Waals surface area contributed by atoms with Crippen molar-refractivity contribution in [3.05, 3.63) is 42.2 Å². The molecule has 7 N–H and O–H groups in total. The lowest BCUT2D eigenvalue weighted by molar-refractivity contribution is -0.139. The zero-order valence-corrected chi connectivity index (χ0v) is 14.6. The Balaban J connectivity index is 1.80. The van der Waals surface area contributed by atoms with Crippen LogP contribution in [0.3, 0.4) is 0 Å². The first-order valence-corrected chi connectivity index (χ1v) is 7.99. The maximum absolute atomic E-state index is 10.7. The number of ether oxygens (including phenoxy) is 1. The summed E-state index contributed by atoms with van der Waals surface area (Å²) in [5.74, 6) is -1.05. The Kier molecular flexibility index (Phi) is 5.07. The number of benzene rings is 1. The lowest BCUT2D eigenvalue weighted by Gasteiger charge is -2.13. The summed E-state index contributed by atoms with van der Waals surface area (Å²) < 4.78 is 5.20. The number of carboxylic acid groups (broad SMARTS) is 1. The molecule has 0 bridgehead atoms. The second-order valence-corrected chi connectivity index (χ2v) is 5.69. The van der Waals surface area contributed by atoms with Crippen molar-refractivity contribution < 1.29 is 19.7 Å². The predicted octanol–water partition coefficient (Wildman–Crippen LogP) is 1.19. The summed E-state index contributed by atoms with van der Waals surface area (Å²) in [5.41, 5.74) is 13.4. The largest absolute Gasteiger partial charge is 0.508 e. The maximum atomic E-state index is 10.7. The van der Waals surface area contributed by atoms with Crippen LogP contribution in [0.1, 0.15) is 11.3 Å². The molecule has 2 heterocycles. The Hall–Kier alpha value is -4.15. The van der Waals surface area contributed by atoms with E-state index in [4.69, 9.17) is 21.3 Å². The number of nitrogens with two attached hydrogens (primary N) is 2. The van der Waals surface area contributed by atoms with Crippen LogP contribution in [0.5, 0.6) is 5.75 Å². The standard InChI is InChI=1S/C17H17N7O4/c1-8(25)11-3-2-9(4-12(11)28-7-13(26)27)20-5-10-6-21-16-14(22-10)15(18)23-17(19)24-16/h2-4,6,20,25H,1,5,7H2,(H,26,27)(H4,18,19,21,23,24). The Labute approximate surface area is 158 Å². The highest BCUT2D eigenvalue weighted by molar-refractivity contribution is 5.81. The fourth-order valence-corrected chi connectivity index (χ4v) is 2.39. The van der Waals surface area contributed by atoms with Crippen LogP contribution >= 0.6 is 0 Å². The molecule has 0 fully saturated rings. The van der Waals surface area contributed by atoms with Crippen molar-refractivity contribution in [1.82, 2.24) is 19.9 Å². The van der Waals surface area contributed by atoms with E-state index >= 15 is 0 Å². The number of carboxylic acids is 1. The average Bonchev–Trinajstić information content (AvgIpc) is 2.64. The van der Waals surface area contributed by atoms with Crippen LogP contribution in [0.25, 0.3) is 16.9 Å². The summed E-state index contributed by atoms with van der Waals surface area (Å²) in [7, 11) is 0. The number of anilines is 3. The van der Waals surface area contributed by atoms with E-state index < -0.39 is 12.6 Å². The van der Waals surface area contributed by atoms with Crippen LogP contribution in [-0.2, 0) is 11.3 Å². The van der Waals surface area contributed by atoms with Crippen molar-refractivity contribution in [2.45, 2.75) is 6.54 Å². The van der Waals surface area contributed by atoms with Gasteiger partial charge in [-0.15, -0.1) is 0 Å². The number of nitrogen functional groups attached to an aromatic ring is 2. The van der Waals surface area contributed by atoms with Gasteiger partial charge in [0.05, 0.1) is 24.0 Å². The first-order valence-electron chi connectivity index (χ1n) is 7.99. The Bertz CT molecular complexity index is 1070. The van der Waals surface area contributed by atoms with Crippen molar-refractivity contribution in [1.29, 1.82) is 0 Å². The number of rotatable bonds is 7. The molecule has 2 aromatic heterocycles. The predicted molar refractivity (Wildman–Crippen MR) is 103 cm³/mol. The molecule has 0 amide bonds. The van der Waals surface area contributed by atoms with E-state index in [-0.39, 0.29) is 29.8 Å². The summed E-state index contributed by atoms with van der Waals surface area (Å²) in [6.07, 6.45) is 1.52. The van der Waals surface area contributed by atoms with Gasteiger partial charge in [-0.2, -0.15) is 9.97 Å². The molecule has 0 spiro atoms. The van der Waals surface area contributed by atoms with Crippen molar-refractivity contribution in [3.8, 4) is 5.75 Å². The third kappa shape index (κ3) is 4.15. The number of nitrogens with one attached hydrogen (secondary N) is 1. The topological polar surface area (TPSA) is 182 Å². The van der Waals surface area contributed by atoms with Crippen LogP contribution in [-0.4, -0.2) is 42.7 Å². The average molecular weight is 383 g/mol. The molecule has 3 aromatic rings. The molecule has 0 saturated heterocycles. The number of carbonyl (C=O) groups is 1. The van der Waals surface area contributed by atoms with E-state index in [2.05, 4.69) is 31.8 Å². The molecule has 0 aliphatic heterocycles. The van der Waals surface area contributed by atoms with Gasteiger partial charge in [-0.1, -0.05) is 6.58 Å². The lowest BCUT2D eigenvalue weighted by atomic mass is 10.1. The normalized spacial score (nSPS) is 10.6. The van der Waals surface area contributed by atoms with Gasteiger partial charge in [0.25, 0.3) is 0 Å². The zero-order valence-electron chi connectivity index (χ0n) is 14.6. The molecular weight excluding hydrogens is 366 g/mol. The number of aliphatic hydroxyl groups is 1.